The highest BCUT2D eigenvalue weighted by atomic mass is 127. The summed E-state index contributed by atoms with van der Waals surface area (Å²) in [7, 11) is -1.59. The summed E-state index contributed by atoms with van der Waals surface area (Å²) in [6.45, 7) is 5.06. The summed E-state index contributed by atoms with van der Waals surface area (Å²) in [4.78, 5) is 4.68. The van der Waals surface area contributed by atoms with Gasteiger partial charge in [-0.25, -0.2) is 8.42 Å². The van der Waals surface area contributed by atoms with Crippen molar-refractivity contribution in [3.05, 3.63) is 29.8 Å². The Labute approximate surface area is 196 Å². The van der Waals surface area contributed by atoms with Crippen molar-refractivity contribution in [1.29, 1.82) is 0 Å². The molecule has 1 unspecified atom stereocenters. The topological polar surface area (TPSA) is 73.8 Å². The minimum atomic E-state index is -3.37. The number of nitrogens with one attached hydrogen (secondary N) is 2. The van der Waals surface area contributed by atoms with Crippen molar-refractivity contribution < 1.29 is 8.42 Å². The maximum atomic E-state index is 12.7. The average Bonchev–Trinajstić information content (AvgIpc) is 3.16. The van der Waals surface area contributed by atoms with Gasteiger partial charge in [0.15, 0.2) is 5.96 Å². The van der Waals surface area contributed by atoms with Gasteiger partial charge in [0.1, 0.15) is 0 Å². The number of benzene rings is 1. The lowest BCUT2D eigenvalue weighted by Gasteiger charge is -2.26. The van der Waals surface area contributed by atoms with Crippen molar-refractivity contribution >= 4 is 51.7 Å². The van der Waals surface area contributed by atoms with Crippen LogP contribution in [0.15, 0.2) is 34.2 Å². The highest BCUT2D eigenvalue weighted by Crippen LogP contribution is 2.36. The van der Waals surface area contributed by atoms with Crippen molar-refractivity contribution in [1.82, 2.24) is 14.9 Å². The molecule has 2 heterocycles. The van der Waals surface area contributed by atoms with Gasteiger partial charge in [0.2, 0.25) is 10.0 Å². The third-order valence-corrected chi connectivity index (χ3v) is 8.94. The molecule has 0 aliphatic carbocycles. The smallest absolute Gasteiger partial charge is 0.243 e. The molecule has 29 heavy (non-hydrogen) atoms. The summed E-state index contributed by atoms with van der Waals surface area (Å²) in [5, 5.41) is 6.73. The number of piperidine rings is 1. The second-order valence-electron chi connectivity index (χ2n) is 7.79. The summed E-state index contributed by atoms with van der Waals surface area (Å²) >= 11 is 2.02. The van der Waals surface area contributed by atoms with E-state index in [1.165, 1.54) is 18.6 Å². The standard InChI is InChI=1S/C20H32N4O2S2.HI/c1-20(11-6-14-27-20)16-23-19(21-2)22-15-17-7-9-18(10-8-17)28(25,26)24-12-4-3-5-13-24;/h7-10H,3-6,11-16H2,1-2H3,(H2,21,22,23);1H. The lowest BCUT2D eigenvalue weighted by molar-refractivity contribution is 0.346. The van der Waals surface area contributed by atoms with Gasteiger partial charge in [0.25, 0.3) is 0 Å². The third kappa shape index (κ3) is 6.73. The van der Waals surface area contributed by atoms with E-state index in [0.717, 1.165) is 37.3 Å². The number of halogens is 1. The molecule has 0 saturated carbocycles. The van der Waals surface area contributed by atoms with E-state index in [9.17, 15) is 8.42 Å². The summed E-state index contributed by atoms with van der Waals surface area (Å²) in [5.41, 5.74) is 1.03. The molecular formula is C20H33IN4O2S2. The highest BCUT2D eigenvalue weighted by molar-refractivity contribution is 14.0. The summed E-state index contributed by atoms with van der Waals surface area (Å²) in [5.74, 6) is 2.01. The molecule has 3 rings (SSSR count). The van der Waals surface area contributed by atoms with E-state index in [1.807, 2.05) is 23.9 Å². The quantitative estimate of drug-likeness (QED) is 0.322. The van der Waals surface area contributed by atoms with E-state index in [2.05, 4.69) is 22.5 Å². The summed E-state index contributed by atoms with van der Waals surface area (Å²) < 4.78 is 27.4. The Bertz CT molecular complexity index is 772. The molecule has 2 aliphatic rings. The molecule has 9 heteroatoms. The van der Waals surface area contributed by atoms with E-state index < -0.39 is 10.0 Å². The molecule has 0 spiro atoms. The Kier molecular flexibility index (Phi) is 9.56. The Morgan fingerprint density at radius 2 is 1.83 bits per heavy atom. The van der Waals surface area contributed by atoms with Crippen molar-refractivity contribution in [2.24, 2.45) is 4.99 Å². The SMILES string of the molecule is CN=C(NCc1ccc(S(=O)(=O)N2CCCCC2)cc1)NCC1(C)CCCS1.I. The van der Waals surface area contributed by atoms with Crippen LogP contribution in [0, 0.1) is 0 Å². The molecule has 0 bridgehead atoms. The Morgan fingerprint density at radius 1 is 1.14 bits per heavy atom. The van der Waals surface area contributed by atoms with Gasteiger partial charge in [-0.1, -0.05) is 18.6 Å². The third-order valence-electron chi connectivity index (χ3n) is 5.49. The molecule has 1 atom stereocenters. The fourth-order valence-electron chi connectivity index (χ4n) is 3.69. The van der Waals surface area contributed by atoms with E-state index in [1.54, 1.807) is 23.5 Å². The zero-order valence-corrected chi connectivity index (χ0v) is 21.3. The van der Waals surface area contributed by atoms with Crippen molar-refractivity contribution in [2.75, 3.05) is 32.4 Å². The predicted molar refractivity (Wildman–Crippen MR) is 133 cm³/mol. The maximum Gasteiger partial charge on any atom is 0.243 e. The number of aliphatic imine (C=N–C) groups is 1. The number of guanidine groups is 1. The van der Waals surface area contributed by atoms with Crippen LogP contribution < -0.4 is 10.6 Å². The molecule has 164 valence electrons. The van der Waals surface area contributed by atoms with Crippen molar-refractivity contribution in [2.45, 2.75) is 55.2 Å². The molecule has 0 radical (unpaired) electrons. The van der Waals surface area contributed by atoms with Crippen LogP contribution in [0.1, 0.15) is 44.6 Å². The summed E-state index contributed by atoms with van der Waals surface area (Å²) in [6.07, 6.45) is 5.52. The van der Waals surface area contributed by atoms with E-state index in [4.69, 9.17) is 0 Å². The Morgan fingerprint density at radius 3 is 2.41 bits per heavy atom. The van der Waals surface area contributed by atoms with E-state index in [-0.39, 0.29) is 28.7 Å². The molecule has 2 saturated heterocycles. The second kappa shape index (κ2) is 11.2. The number of nitrogens with zero attached hydrogens (tertiary/aromatic N) is 2. The average molecular weight is 553 g/mol. The van der Waals surface area contributed by atoms with Gasteiger partial charge < -0.3 is 10.6 Å². The monoisotopic (exact) mass is 552 g/mol. The van der Waals surface area contributed by atoms with Crippen LogP contribution in [0.25, 0.3) is 0 Å². The van der Waals surface area contributed by atoms with Crippen molar-refractivity contribution in [3.8, 4) is 0 Å². The number of sulfonamides is 1. The normalized spacial score (nSPS) is 23.4. The van der Waals surface area contributed by atoms with Crippen LogP contribution in [0.3, 0.4) is 0 Å². The first-order chi connectivity index (χ1) is 13.4. The van der Waals surface area contributed by atoms with Crippen molar-refractivity contribution in [3.63, 3.8) is 0 Å². The first-order valence-electron chi connectivity index (χ1n) is 10.1. The first kappa shape index (κ1) is 24.7. The molecule has 0 amide bonds. The molecule has 6 nitrogen and oxygen atoms in total. The number of hydrogen-bond acceptors (Lipinski definition) is 4. The van der Waals surface area contributed by atoms with E-state index >= 15 is 0 Å². The molecule has 2 fully saturated rings. The lowest BCUT2D eigenvalue weighted by atomic mass is 10.1. The van der Waals surface area contributed by atoms with Crippen LogP contribution in [0.4, 0.5) is 0 Å². The van der Waals surface area contributed by atoms with Crippen LogP contribution in [-0.2, 0) is 16.6 Å². The Balaban J connectivity index is 0.00000300. The molecule has 1 aromatic rings. The predicted octanol–water partition coefficient (Wildman–Crippen LogP) is 3.43. The van der Waals surface area contributed by atoms with E-state index in [0.29, 0.717) is 24.5 Å². The Hall–Kier alpha value is -0.520. The van der Waals surface area contributed by atoms with Crippen LogP contribution >= 0.6 is 35.7 Å². The minimum absolute atomic E-state index is 0. The lowest BCUT2D eigenvalue weighted by Crippen LogP contribution is -2.43. The molecule has 0 aromatic heterocycles. The first-order valence-corrected chi connectivity index (χ1v) is 12.5. The van der Waals surface area contributed by atoms with Gasteiger partial charge in [-0.15, -0.1) is 24.0 Å². The van der Waals surface area contributed by atoms with Crippen LogP contribution in [0.2, 0.25) is 0 Å². The number of thioether (sulfide) groups is 1. The highest BCUT2D eigenvalue weighted by Gasteiger charge is 2.29. The zero-order chi connectivity index (χ0) is 20.0. The molecule has 2 aliphatic heterocycles. The fraction of sp³-hybridized carbons (Fsp3) is 0.650. The van der Waals surface area contributed by atoms with Gasteiger partial charge in [0, 0.05) is 38.0 Å². The summed E-state index contributed by atoms with van der Waals surface area (Å²) in [6, 6.07) is 7.19. The van der Waals surface area contributed by atoms with Gasteiger partial charge >= 0.3 is 0 Å². The van der Waals surface area contributed by atoms with Gasteiger partial charge in [0.05, 0.1) is 4.90 Å². The van der Waals surface area contributed by atoms with Crippen LogP contribution in [0.5, 0.6) is 0 Å². The number of rotatable bonds is 6. The van der Waals surface area contributed by atoms with Gasteiger partial charge in [-0.05, 0) is 56.1 Å². The zero-order valence-electron chi connectivity index (χ0n) is 17.3. The minimum Gasteiger partial charge on any atom is -0.355 e. The fourth-order valence-corrected chi connectivity index (χ4v) is 6.45. The second-order valence-corrected chi connectivity index (χ2v) is 11.4. The van der Waals surface area contributed by atoms with Gasteiger partial charge in [-0.3, -0.25) is 4.99 Å². The van der Waals surface area contributed by atoms with Crippen LogP contribution in [-0.4, -0.2) is 55.9 Å². The largest absolute Gasteiger partial charge is 0.355 e. The molecule has 2 N–H and O–H groups in total. The number of hydrogen-bond donors (Lipinski definition) is 2. The molecular weight excluding hydrogens is 519 g/mol. The molecule has 1 aromatic carbocycles. The van der Waals surface area contributed by atoms with Gasteiger partial charge in [-0.2, -0.15) is 16.1 Å². The maximum absolute atomic E-state index is 12.7.